The third-order valence-corrected chi connectivity index (χ3v) is 6.50. The average molecular weight is 486 g/mol. The molecule has 4 aromatic rings. The second-order valence-corrected chi connectivity index (χ2v) is 9.00. The number of likely N-dealkylation sites (N-methyl/N-ethyl adjacent to an activating group) is 2. The Bertz CT molecular complexity index is 1430. The van der Waals surface area contributed by atoms with E-state index >= 15 is 0 Å². The van der Waals surface area contributed by atoms with Crippen molar-refractivity contribution >= 4 is 40.0 Å². The first-order valence-corrected chi connectivity index (χ1v) is 11.8. The number of benzene rings is 2. The van der Waals surface area contributed by atoms with E-state index in [1.54, 1.807) is 12.3 Å². The number of aromatic nitrogens is 3. The van der Waals surface area contributed by atoms with E-state index in [1.807, 2.05) is 48.1 Å². The molecule has 0 radical (unpaired) electrons. The average Bonchev–Trinajstić information content (AvgIpc) is 3.50. The van der Waals surface area contributed by atoms with Gasteiger partial charge in [0, 0.05) is 48.8 Å². The van der Waals surface area contributed by atoms with Gasteiger partial charge in [-0.3, -0.25) is 4.79 Å². The van der Waals surface area contributed by atoms with Crippen LogP contribution < -0.4 is 15.5 Å². The van der Waals surface area contributed by atoms with Gasteiger partial charge in [0.25, 0.3) is 0 Å². The highest BCUT2D eigenvalue weighted by atomic mass is 19.1. The molecule has 2 aromatic heterocycles. The van der Waals surface area contributed by atoms with Crippen molar-refractivity contribution in [2.75, 3.05) is 42.7 Å². The summed E-state index contributed by atoms with van der Waals surface area (Å²) in [6, 6.07) is 14.4. The molecule has 0 aliphatic carbocycles. The van der Waals surface area contributed by atoms with Crippen LogP contribution in [0.5, 0.6) is 0 Å². The van der Waals surface area contributed by atoms with Crippen molar-refractivity contribution in [3.8, 4) is 5.69 Å². The Morgan fingerprint density at radius 1 is 1.25 bits per heavy atom. The van der Waals surface area contributed by atoms with Crippen LogP contribution in [-0.4, -0.2) is 58.6 Å². The summed E-state index contributed by atoms with van der Waals surface area (Å²) in [5.74, 6) is -0.209. The van der Waals surface area contributed by atoms with Gasteiger partial charge in [-0.1, -0.05) is 12.6 Å². The monoisotopic (exact) mass is 485 g/mol. The SMILES string of the molecule is C=CC(=O)Nc1cc(Nc2ncc3ccn(-c4cccc(F)c4)c3n2)ccc1N(C)C1CCN(C)C1. The van der Waals surface area contributed by atoms with Crippen molar-refractivity contribution in [3.05, 3.63) is 79.4 Å². The van der Waals surface area contributed by atoms with Gasteiger partial charge in [-0.25, -0.2) is 9.37 Å². The zero-order valence-electron chi connectivity index (χ0n) is 20.3. The lowest BCUT2D eigenvalue weighted by Crippen LogP contribution is -2.34. The molecule has 1 atom stereocenters. The number of anilines is 4. The van der Waals surface area contributed by atoms with Gasteiger partial charge in [0.05, 0.1) is 11.4 Å². The Morgan fingerprint density at radius 3 is 2.86 bits per heavy atom. The van der Waals surface area contributed by atoms with Crippen LogP contribution in [0.2, 0.25) is 0 Å². The zero-order valence-corrected chi connectivity index (χ0v) is 20.3. The number of likely N-dealkylation sites (tertiary alicyclic amines) is 1. The van der Waals surface area contributed by atoms with Gasteiger partial charge in [-0.15, -0.1) is 0 Å². The van der Waals surface area contributed by atoms with Crippen LogP contribution in [0.15, 0.2) is 73.6 Å². The minimum Gasteiger partial charge on any atom is -0.369 e. The van der Waals surface area contributed by atoms with Gasteiger partial charge in [-0.2, -0.15) is 4.98 Å². The number of nitrogens with zero attached hydrogens (tertiary/aromatic N) is 5. The van der Waals surface area contributed by atoms with Crippen LogP contribution in [0.25, 0.3) is 16.7 Å². The molecule has 1 amide bonds. The van der Waals surface area contributed by atoms with E-state index < -0.39 is 0 Å². The lowest BCUT2D eigenvalue weighted by molar-refractivity contribution is -0.111. The zero-order chi connectivity index (χ0) is 25.2. The normalized spacial score (nSPS) is 15.7. The summed E-state index contributed by atoms with van der Waals surface area (Å²) >= 11 is 0. The van der Waals surface area contributed by atoms with Gasteiger partial charge in [0.15, 0.2) is 0 Å². The highest BCUT2D eigenvalue weighted by molar-refractivity contribution is 6.01. The maximum absolute atomic E-state index is 13.8. The van der Waals surface area contributed by atoms with Crippen molar-refractivity contribution in [1.29, 1.82) is 0 Å². The van der Waals surface area contributed by atoms with Crippen molar-refractivity contribution in [3.63, 3.8) is 0 Å². The van der Waals surface area contributed by atoms with Crippen molar-refractivity contribution in [2.45, 2.75) is 12.5 Å². The molecule has 1 unspecified atom stereocenters. The van der Waals surface area contributed by atoms with E-state index in [9.17, 15) is 9.18 Å². The molecule has 36 heavy (non-hydrogen) atoms. The molecule has 0 spiro atoms. The van der Waals surface area contributed by atoms with E-state index in [1.165, 1.54) is 18.2 Å². The Labute approximate surface area is 209 Å². The Balaban J connectivity index is 1.45. The van der Waals surface area contributed by atoms with E-state index in [0.29, 0.717) is 29.0 Å². The fourth-order valence-corrected chi connectivity index (χ4v) is 4.57. The molecule has 2 aromatic carbocycles. The molecular formula is C27H28FN7O. The fraction of sp³-hybridized carbons (Fsp3) is 0.222. The third kappa shape index (κ3) is 4.78. The first kappa shape index (κ1) is 23.5. The van der Waals surface area contributed by atoms with Gasteiger partial charge >= 0.3 is 0 Å². The number of amides is 1. The van der Waals surface area contributed by atoms with Crippen LogP contribution in [0.4, 0.5) is 27.4 Å². The van der Waals surface area contributed by atoms with Crippen molar-refractivity contribution in [1.82, 2.24) is 19.4 Å². The summed E-state index contributed by atoms with van der Waals surface area (Å²) in [5, 5.41) is 7.00. The van der Waals surface area contributed by atoms with Crippen molar-refractivity contribution in [2.24, 2.45) is 0 Å². The Kier molecular flexibility index (Phi) is 6.39. The fourth-order valence-electron chi connectivity index (χ4n) is 4.57. The summed E-state index contributed by atoms with van der Waals surface area (Å²) in [6.07, 6.45) is 5.87. The summed E-state index contributed by atoms with van der Waals surface area (Å²) in [5.41, 5.74) is 3.64. The molecule has 3 heterocycles. The number of halogens is 1. The standard InChI is InChI=1S/C27H28FN7O/c1-4-25(36)31-23-15-20(8-9-24(23)34(3)22-11-12-33(2)17-22)30-27-29-16-18-10-13-35(26(18)32-27)21-7-5-6-19(28)14-21/h4-10,13-16,22H,1,11-12,17H2,2-3H3,(H,31,36)(H,29,30,32). The molecule has 1 saturated heterocycles. The highest BCUT2D eigenvalue weighted by Gasteiger charge is 2.25. The lowest BCUT2D eigenvalue weighted by Gasteiger charge is -2.29. The molecule has 2 N–H and O–H groups in total. The molecule has 9 heteroatoms. The summed E-state index contributed by atoms with van der Waals surface area (Å²) in [7, 11) is 4.16. The smallest absolute Gasteiger partial charge is 0.247 e. The van der Waals surface area contributed by atoms with Gasteiger partial charge in [0.2, 0.25) is 11.9 Å². The van der Waals surface area contributed by atoms with Crippen LogP contribution in [0.3, 0.4) is 0 Å². The predicted molar refractivity (Wildman–Crippen MR) is 142 cm³/mol. The van der Waals surface area contributed by atoms with E-state index in [4.69, 9.17) is 0 Å². The molecule has 8 nitrogen and oxygen atoms in total. The van der Waals surface area contributed by atoms with Gasteiger partial charge in [-0.05, 0) is 68.6 Å². The molecule has 1 fully saturated rings. The van der Waals surface area contributed by atoms with E-state index in [-0.39, 0.29) is 11.7 Å². The van der Waals surface area contributed by atoms with E-state index in [0.717, 1.165) is 36.3 Å². The summed E-state index contributed by atoms with van der Waals surface area (Å²) in [4.78, 5) is 25.8. The molecule has 5 rings (SSSR count). The number of carbonyl (C=O) groups excluding carboxylic acids is 1. The third-order valence-electron chi connectivity index (χ3n) is 6.50. The van der Waals surface area contributed by atoms with Crippen LogP contribution in [-0.2, 0) is 4.79 Å². The Morgan fingerprint density at radius 2 is 2.11 bits per heavy atom. The Hall–Kier alpha value is -4.24. The first-order chi connectivity index (χ1) is 17.4. The number of rotatable bonds is 7. The molecular weight excluding hydrogens is 457 g/mol. The van der Waals surface area contributed by atoms with Crippen LogP contribution in [0.1, 0.15) is 6.42 Å². The second-order valence-electron chi connectivity index (χ2n) is 9.00. The highest BCUT2D eigenvalue weighted by Crippen LogP contribution is 2.32. The predicted octanol–water partition coefficient (Wildman–Crippen LogP) is 4.57. The number of hydrogen-bond acceptors (Lipinski definition) is 6. The lowest BCUT2D eigenvalue weighted by atomic mass is 10.1. The maximum atomic E-state index is 13.8. The molecule has 0 saturated carbocycles. The minimum atomic E-state index is -0.315. The second kappa shape index (κ2) is 9.79. The maximum Gasteiger partial charge on any atom is 0.247 e. The number of nitrogens with one attached hydrogen (secondary N) is 2. The summed E-state index contributed by atoms with van der Waals surface area (Å²) < 4.78 is 15.6. The summed E-state index contributed by atoms with van der Waals surface area (Å²) in [6.45, 7) is 5.58. The van der Waals surface area contributed by atoms with Gasteiger partial charge in [0.1, 0.15) is 11.5 Å². The van der Waals surface area contributed by atoms with E-state index in [2.05, 4.69) is 44.0 Å². The quantitative estimate of drug-likeness (QED) is 0.374. The number of hydrogen-bond donors (Lipinski definition) is 2. The molecule has 1 aliphatic heterocycles. The number of fused-ring (bicyclic) bond motifs is 1. The topological polar surface area (TPSA) is 78.3 Å². The molecule has 0 bridgehead atoms. The largest absolute Gasteiger partial charge is 0.369 e. The minimum absolute atomic E-state index is 0.282. The first-order valence-electron chi connectivity index (χ1n) is 11.8. The van der Waals surface area contributed by atoms with Gasteiger partial charge < -0.3 is 25.0 Å². The molecule has 184 valence electrons. The number of carbonyl (C=O) groups is 1. The molecule has 1 aliphatic rings. The van der Waals surface area contributed by atoms with Crippen molar-refractivity contribution < 1.29 is 9.18 Å². The van der Waals surface area contributed by atoms with Crippen LogP contribution in [0, 0.1) is 5.82 Å². The van der Waals surface area contributed by atoms with Crippen LogP contribution >= 0.6 is 0 Å².